The molecule has 144 valence electrons. The van der Waals surface area contributed by atoms with E-state index in [1.165, 1.54) is 7.11 Å². The summed E-state index contributed by atoms with van der Waals surface area (Å²) >= 11 is 0. The van der Waals surface area contributed by atoms with Crippen LogP contribution in [-0.4, -0.2) is 24.0 Å². The predicted molar refractivity (Wildman–Crippen MR) is 115 cm³/mol. The van der Waals surface area contributed by atoms with E-state index in [9.17, 15) is 9.90 Å². The van der Waals surface area contributed by atoms with Crippen LogP contribution in [-0.2, 0) is 4.74 Å². The smallest absolute Gasteiger partial charge is 0.432 e. The molecule has 0 saturated heterocycles. The molecule has 1 N–H and O–H groups in total. The van der Waals surface area contributed by atoms with Crippen LogP contribution in [0.15, 0.2) is 95.7 Å². The van der Waals surface area contributed by atoms with Gasteiger partial charge in [-0.1, -0.05) is 97.9 Å². The Morgan fingerprint density at radius 3 is 1.71 bits per heavy atom. The first kappa shape index (κ1) is 20.1. The predicted octanol–water partition coefficient (Wildman–Crippen LogP) is 4.73. The molecule has 3 aromatic carbocycles. The van der Waals surface area contributed by atoms with Gasteiger partial charge in [0.25, 0.3) is 0 Å². The lowest BCUT2D eigenvalue weighted by atomic mass is 10.1. The van der Waals surface area contributed by atoms with Gasteiger partial charge in [-0.05, 0) is 16.2 Å². The molecule has 1 amide bonds. The molecule has 3 rings (SSSR count). The van der Waals surface area contributed by atoms with E-state index in [2.05, 4.69) is 4.74 Å². The highest BCUT2D eigenvalue weighted by Gasteiger charge is 2.37. The van der Waals surface area contributed by atoms with Gasteiger partial charge in [-0.25, -0.2) is 4.79 Å². The maximum Gasteiger partial charge on any atom is 0.432 e. The number of hydrogen-bond donors (Lipinski definition) is 1. The van der Waals surface area contributed by atoms with Crippen molar-refractivity contribution in [3.05, 3.63) is 96.6 Å². The molecule has 0 bridgehead atoms. The minimum absolute atomic E-state index is 0.334. The first-order valence-electron chi connectivity index (χ1n) is 9.14. The molecule has 0 spiro atoms. The summed E-state index contributed by atoms with van der Waals surface area (Å²) in [4.78, 5) is 12.4. The van der Waals surface area contributed by atoms with E-state index >= 15 is 0 Å². The van der Waals surface area contributed by atoms with E-state index < -0.39 is 19.3 Å². The maximum absolute atomic E-state index is 12.4. The summed E-state index contributed by atoms with van der Waals surface area (Å²) in [5, 5.41) is 13.1. The lowest BCUT2D eigenvalue weighted by Crippen LogP contribution is -2.29. The van der Waals surface area contributed by atoms with E-state index in [0.717, 1.165) is 16.2 Å². The van der Waals surface area contributed by atoms with Crippen molar-refractivity contribution in [2.24, 2.45) is 4.74 Å². The van der Waals surface area contributed by atoms with Crippen LogP contribution in [0.25, 0.3) is 0 Å². The zero-order valence-corrected chi connectivity index (χ0v) is 16.9. The molecule has 0 aliphatic carbocycles. The number of hydrogen-bond acceptors (Lipinski definition) is 3. The molecule has 0 fully saturated rings. The van der Waals surface area contributed by atoms with Crippen LogP contribution in [0.4, 0.5) is 4.79 Å². The Balaban J connectivity index is 2.29. The van der Waals surface area contributed by atoms with Gasteiger partial charge in [0.15, 0.2) is 0 Å². The highest BCUT2D eigenvalue weighted by Crippen LogP contribution is 2.56. The highest BCUT2D eigenvalue weighted by atomic mass is 31.2. The lowest BCUT2D eigenvalue weighted by molar-refractivity contribution is 0.176. The fourth-order valence-electron chi connectivity index (χ4n) is 3.44. The summed E-state index contributed by atoms with van der Waals surface area (Å²) in [6, 6.07) is 29.0. The average molecular weight is 393 g/mol. The van der Waals surface area contributed by atoms with Gasteiger partial charge in [0.05, 0.1) is 13.2 Å². The van der Waals surface area contributed by atoms with E-state index in [1.807, 2.05) is 97.9 Å². The van der Waals surface area contributed by atoms with Crippen LogP contribution in [0.1, 0.15) is 18.6 Å². The van der Waals surface area contributed by atoms with Crippen LogP contribution in [0, 0.1) is 0 Å². The summed E-state index contributed by atoms with van der Waals surface area (Å²) in [5.41, 5.74) is 0.463. The van der Waals surface area contributed by atoms with Crippen molar-refractivity contribution in [3.8, 4) is 0 Å². The summed E-state index contributed by atoms with van der Waals surface area (Å²) in [7, 11) is -1.36. The lowest BCUT2D eigenvalue weighted by Gasteiger charge is -2.34. The molecule has 0 radical (unpaired) electrons. The van der Waals surface area contributed by atoms with Crippen LogP contribution < -0.4 is 10.6 Å². The van der Waals surface area contributed by atoms with Gasteiger partial charge in [-0.2, -0.15) is 4.74 Å². The van der Waals surface area contributed by atoms with Crippen LogP contribution in [0.2, 0.25) is 0 Å². The molecular formula is C23H24NO3P. The number of carbonyl (C=O) groups excluding carboxylic acids is 1. The number of aliphatic hydroxyl groups is 1. The van der Waals surface area contributed by atoms with Crippen LogP contribution in [0.5, 0.6) is 0 Å². The van der Waals surface area contributed by atoms with Crippen molar-refractivity contribution in [2.45, 2.75) is 18.7 Å². The van der Waals surface area contributed by atoms with Crippen LogP contribution >= 0.6 is 7.05 Å². The molecule has 28 heavy (non-hydrogen) atoms. The van der Waals surface area contributed by atoms with Gasteiger partial charge in [-0.3, -0.25) is 0 Å². The second-order valence-corrected chi connectivity index (χ2v) is 9.94. The summed E-state index contributed by atoms with van der Waals surface area (Å²) < 4.78 is 9.53. The van der Waals surface area contributed by atoms with Crippen LogP contribution in [0.3, 0.4) is 0 Å². The minimum atomic E-state index is -2.69. The molecule has 2 atom stereocenters. The maximum atomic E-state index is 12.4. The minimum Gasteiger partial charge on any atom is -0.451 e. The Morgan fingerprint density at radius 1 is 0.857 bits per heavy atom. The Bertz CT molecular complexity index is 915. The molecule has 0 saturated carbocycles. The molecule has 0 aliphatic rings. The van der Waals surface area contributed by atoms with Crippen molar-refractivity contribution < 1.29 is 14.6 Å². The third kappa shape index (κ3) is 3.94. The molecular weight excluding hydrogens is 369 g/mol. The Hall–Kier alpha value is -2.68. The molecule has 0 aliphatic heterocycles. The Morgan fingerprint density at radius 2 is 1.29 bits per heavy atom. The number of nitrogens with zero attached hydrogens (tertiary/aromatic N) is 1. The van der Waals surface area contributed by atoms with E-state index in [1.54, 1.807) is 0 Å². The fraction of sp³-hybridized carbons (Fsp3) is 0.174. The van der Waals surface area contributed by atoms with Crippen molar-refractivity contribution in [1.82, 2.24) is 0 Å². The SMILES string of the molecule is COC(=O)N=P(c1ccccc1)(c1ccccc1)[C@@H](C)[C@H](O)c1ccccc1. The second-order valence-electron chi connectivity index (χ2n) is 6.52. The van der Waals surface area contributed by atoms with Gasteiger partial charge in [-0.15, -0.1) is 0 Å². The summed E-state index contributed by atoms with van der Waals surface area (Å²) in [5.74, 6) is 0. The van der Waals surface area contributed by atoms with Gasteiger partial charge in [0, 0.05) is 12.7 Å². The quantitative estimate of drug-likeness (QED) is 0.638. The largest absolute Gasteiger partial charge is 0.451 e. The van der Waals surface area contributed by atoms with E-state index in [0.29, 0.717) is 0 Å². The monoisotopic (exact) mass is 393 g/mol. The van der Waals surface area contributed by atoms with Crippen molar-refractivity contribution in [3.63, 3.8) is 0 Å². The number of benzene rings is 3. The third-order valence-electron chi connectivity index (χ3n) is 4.90. The van der Waals surface area contributed by atoms with Gasteiger partial charge in [0.1, 0.15) is 0 Å². The molecule has 0 aromatic heterocycles. The number of methoxy groups -OCH3 is 1. The van der Waals surface area contributed by atoms with E-state index in [-0.39, 0.29) is 5.66 Å². The van der Waals surface area contributed by atoms with Crippen molar-refractivity contribution in [1.29, 1.82) is 0 Å². The standard InChI is InChI=1S/C23H24NO3P/c1-18(22(25)19-12-6-3-7-13-19)28(24-23(26)27-2,20-14-8-4-9-15-20)21-16-10-5-11-17-21/h3-18,22,25H,1-2H3/t18-,22-/m0/s1. The molecule has 3 aromatic rings. The first-order chi connectivity index (χ1) is 13.6. The zero-order valence-electron chi connectivity index (χ0n) is 16.0. The van der Waals surface area contributed by atoms with Crippen molar-refractivity contribution >= 4 is 23.8 Å². The number of aliphatic hydroxyl groups excluding tert-OH is 1. The molecule has 4 nitrogen and oxygen atoms in total. The highest BCUT2D eigenvalue weighted by molar-refractivity contribution is 7.81. The zero-order chi connectivity index (χ0) is 20.0. The molecule has 0 heterocycles. The number of amides is 1. The number of rotatable bonds is 5. The average Bonchev–Trinajstić information content (AvgIpc) is 2.78. The molecule has 5 heteroatoms. The first-order valence-corrected chi connectivity index (χ1v) is 10.9. The van der Waals surface area contributed by atoms with Gasteiger partial charge in [0.2, 0.25) is 0 Å². The summed E-state index contributed by atoms with van der Waals surface area (Å²) in [6.07, 6.45) is -1.42. The fourth-order valence-corrected chi connectivity index (χ4v) is 7.26. The number of carbonyl (C=O) groups is 1. The van der Waals surface area contributed by atoms with Crippen molar-refractivity contribution in [2.75, 3.05) is 7.11 Å². The second kappa shape index (κ2) is 9.01. The molecule has 0 unspecified atom stereocenters. The van der Waals surface area contributed by atoms with E-state index in [4.69, 9.17) is 4.74 Å². The van der Waals surface area contributed by atoms with Gasteiger partial charge < -0.3 is 9.84 Å². The third-order valence-corrected chi connectivity index (χ3v) is 9.01. The Kier molecular flexibility index (Phi) is 6.45. The topological polar surface area (TPSA) is 58.9 Å². The number of ether oxygens (including phenoxy) is 1. The Labute approximate surface area is 165 Å². The normalized spacial score (nSPS) is 13.4. The summed E-state index contributed by atoms with van der Waals surface area (Å²) in [6.45, 7) is 1.96. The van der Waals surface area contributed by atoms with Gasteiger partial charge >= 0.3 is 6.09 Å².